The van der Waals surface area contributed by atoms with Crippen molar-refractivity contribution >= 4 is 0 Å². The molecule has 3 nitrogen and oxygen atoms in total. The Morgan fingerprint density at radius 1 is 1.29 bits per heavy atom. The third kappa shape index (κ3) is 6.29. The lowest BCUT2D eigenvalue weighted by Gasteiger charge is -2.27. The van der Waals surface area contributed by atoms with Gasteiger partial charge in [0.05, 0.1) is 0 Å². The number of nitrogens with zero attached hydrogens (tertiary/aromatic N) is 1. The van der Waals surface area contributed by atoms with Gasteiger partial charge in [-0.25, -0.2) is 0 Å². The van der Waals surface area contributed by atoms with Gasteiger partial charge in [0.25, 0.3) is 0 Å². The van der Waals surface area contributed by atoms with E-state index in [1.54, 1.807) is 0 Å². The first-order valence-corrected chi connectivity index (χ1v) is 6.41. The molecule has 1 rings (SSSR count). The van der Waals surface area contributed by atoms with Crippen LogP contribution >= 0.6 is 0 Å². The van der Waals surface area contributed by atoms with E-state index in [0.29, 0.717) is 0 Å². The van der Waals surface area contributed by atoms with Gasteiger partial charge in [-0.05, 0) is 32.4 Å². The summed E-state index contributed by atoms with van der Waals surface area (Å²) in [5.74, 6) is 0. The van der Waals surface area contributed by atoms with Gasteiger partial charge in [-0.1, -0.05) is 17.7 Å². The molecule has 0 aliphatic carbocycles. The first-order chi connectivity index (χ1) is 8.22. The molecular weight excluding hydrogens is 210 g/mol. The molecule has 0 aromatic heterocycles. The quantitative estimate of drug-likeness (QED) is 0.712. The van der Waals surface area contributed by atoms with Crippen LogP contribution in [-0.2, 0) is 0 Å². The van der Waals surface area contributed by atoms with Crippen molar-refractivity contribution in [1.29, 1.82) is 0 Å². The zero-order valence-electron chi connectivity index (χ0n) is 11.1. The number of hydrogen-bond donors (Lipinski definition) is 2. The predicted octanol–water partition coefficient (Wildman–Crippen LogP) is 1.65. The van der Waals surface area contributed by atoms with E-state index in [9.17, 15) is 0 Å². The average molecular weight is 235 g/mol. The SMILES string of the molecule is C\C=C/C(N)=C\C=C(/C)CCN1CCNCC1. The van der Waals surface area contributed by atoms with Crippen molar-refractivity contribution in [2.24, 2.45) is 5.73 Å². The van der Waals surface area contributed by atoms with Crippen LogP contribution in [0.25, 0.3) is 0 Å². The van der Waals surface area contributed by atoms with Crippen LogP contribution in [0.2, 0.25) is 0 Å². The normalized spacial score (nSPS) is 20.1. The highest BCUT2D eigenvalue weighted by Crippen LogP contribution is 2.04. The van der Waals surface area contributed by atoms with Crippen LogP contribution in [0, 0.1) is 0 Å². The van der Waals surface area contributed by atoms with Crippen LogP contribution in [0.3, 0.4) is 0 Å². The number of rotatable bonds is 5. The molecule has 0 radical (unpaired) electrons. The summed E-state index contributed by atoms with van der Waals surface area (Å²) < 4.78 is 0. The lowest BCUT2D eigenvalue weighted by Crippen LogP contribution is -2.43. The molecule has 0 aromatic rings. The summed E-state index contributed by atoms with van der Waals surface area (Å²) in [6.07, 6.45) is 9.10. The highest BCUT2D eigenvalue weighted by Gasteiger charge is 2.08. The molecule has 3 heteroatoms. The number of piperazine rings is 1. The van der Waals surface area contributed by atoms with Crippen LogP contribution < -0.4 is 11.1 Å². The second kappa shape index (κ2) is 8.09. The van der Waals surface area contributed by atoms with Gasteiger partial charge >= 0.3 is 0 Å². The molecule has 0 bridgehead atoms. The second-order valence-corrected chi connectivity index (χ2v) is 4.52. The molecule has 1 heterocycles. The van der Waals surface area contributed by atoms with E-state index in [2.05, 4.69) is 23.2 Å². The van der Waals surface area contributed by atoms with E-state index in [0.717, 1.165) is 31.8 Å². The highest BCUT2D eigenvalue weighted by atomic mass is 15.2. The molecule has 17 heavy (non-hydrogen) atoms. The fourth-order valence-electron chi connectivity index (χ4n) is 1.84. The van der Waals surface area contributed by atoms with Gasteiger partial charge in [-0.2, -0.15) is 0 Å². The summed E-state index contributed by atoms with van der Waals surface area (Å²) >= 11 is 0. The van der Waals surface area contributed by atoms with Gasteiger partial charge in [0, 0.05) is 38.4 Å². The molecule has 0 aromatic carbocycles. The summed E-state index contributed by atoms with van der Waals surface area (Å²) in [6, 6.07) is 0. The van der Waals surface area contributed by atoms with Gasteiger partial charge in [0.2, 0.25) is 0 Å². The fraction of sp³-hybridized carbons (Fsp3) is 0.571. The lowest BCUT2D eigenvalue weighted by atomic mass is 10.1. The first-order valence-electron chi connectivity index (χ1n) is 6.41. The highest BCUT2D eigenvalue weighted by molar-refractivity contribution is 5.22. The van der Waals surface area contributed by atoms with Crippen molar-refractivity contribution in [2.45, 2.75) is 20.3 Å². The maximum absolute atomic E-state index is 5.78. The third-order valence-corrected chi connectivity index (χ3v) is 2.95. The van der Waals surface area contributed by atoms with E-state index >= 15 is 0 Å². The predicted molar refractivity (Wildman–Crippen MR) is 74.8 cm³/mol. The molecule has 0 atom stereocenters. The molecular formula is C14H25N3. The maximum Gasteiger partial charge on any atom is 0.0310 e. The van der Waals surface area contributed by atoms with Crippen molar-refractivity contribution in [3.8, 4) is 0 Å². The minimum Gasteiger partial charge on any atom is -0.399 e. The fourth-order valence-corrected chi connectivity index (χ4v) is 1.84. The second-order valence-electron chi connectivity index (χ2n) is 4.52. The Labute approximate surface area is 105 Å². The molecule has 0 amide bonds. The molecule has 1 fully saturated rings. The Balaban J connectivity index is 2.30. The van der Waals surface area contributed by atoms with Gasteiger partial charge in [-0.3, -0.25) is 0 Å². The maximum atomic E-state index is 5.78. The van der Waals surface area contributed by atoms with Crippen molar-refractivity contribution in [3.05, 3.63) is 35.6 Å². The molecule has 1 aliphatic rings. The largest absolute Gasteiger partial charge is 0.399 e. The standard InChI is InChI=1S/C14H25N3/c1-3-4-14(15)6-5-13(2)7-10-17-11-8-16-9-12-17/h3-6,16H,7-12,15H2,1-2H3/b4-3-,13-5+,14-6+. The molecule has 1 saturated heterocycles. The molecule has 0 spiro atoms. The summed E-state index contributed by atoms with van der Waals surface area (Å²) in [6.45, 7) is 9.88. The molecule has 96 valence electrons. The van der Waals surface area contributed by atoms with E-state index in [-0.39, 0.29) is 0 Å². The summed E-state index contributed by atoms with van der Waals surface area (Å²) in [4.78, 5) is 2.51. The number of nitrogens with two attached hydrogens (primary N) is 1. The Kier molecular flexibility index (Phi) is 6.67. The van der Waals surface area contributed by atoms with Crippen LogP contribution in [0.4, 0.5) is 0 Å². The van der Waals surface area contributed by atoms with Crippen molar-refractivity contribution in [1.82, 2.24) is 10.2 Å². The van der Waals surface area contributed by atoms with Crippen molar-refractivity contribution < 1.29 is 0 Å². The van der Waals surface area contributed by atoms with Gasteiger partial charge in [0.15, 0.2) is 0 Å². The molecule has 0 saturated carbocycles. The number of allylic oxidation sites excluding steroid dienone is 4. The topological polar surface area (TPSA) is 41.3 Å². The number of nitrogens with one attached hydrogen (secondary N) is 1. The van der Waals surface area contributed by atoms with Gasteiger partial charge < -0.3 is 16.0 Å². The minimum atomic E-state index is 0.814. The van der Waals surface area contributed by atoms with Crippen LogP contribution in [0.5, 0.6) is 0 Å². The molecule has 0 unspecified atom stereocenters. The van der Waals surface area contributed by atoms with E-state index in [1.807, 2.05) is 25.2 Å². The smallest absolute Gasteiger partial charge is 0.0310 e. The average Bonchev–Trinajstić information content (AvgIpc) is 2.35. The third-order valence-electron chi connectivity index (χ3n) is 2.95. The Morgan fingerprint density at radius 3 is 2.65 bits per heavy atom. The zero-order chi connectivity index (χ0) is 12.5. The summed E-state index contributed by atoms with van der Waals surface area (Å²) in [5.41, 5.74) is 7.98. The van der Waals surface area contributed by atoms with Crippen molar-refractivity contribution in [2.75, 3.05) is 32.7 Å². The summed E-state index contributed by atoms with van der Waals surface area (Å²) in [7, 11) is 0. The van der Waals surface area contributed by atoms with Crippen LogP contribution in [0.15, 0.2) is 35.6 Å². The summed E-state index contributed by atoms with van der Waals surface area (Å²) in [5, 5.41) is 3.37. The Hall–Kier alpha value is -1.06. The monoisotopic (exact) mass is 235 g/mol. The van der Waals surface area contributed by atoms with Crippen LogP contribution in [-0.4, -0.2) is 37.6 Å². The Bertz CT molecular complexity index is 297. The molecule has 3 N–H and O–H groups in total. The van der Waals surface area contributed by atoms with Gasteiger partial charge in [0.1, 0.15) is 0 Å². The van der Waals surface area contributed by atoms with Gasteiger partial charge in [-0.15, -0.1) is 0 Å². The Morgan fingerprint density at radius 2 is 2.00 bits per heavy atom. The minimum absolute atomic E-state index is 0.814. The van der Waals surface area contributed by atoms with E-state index in [4.69, 9.17) is 5.73 Å². The number of hydrogen-bond acceptors (Lipinski definition) is 3. The zero-order valence-corrected chi connectivity index (χ0v) is 11.1. The van der Waals surface area contributed by atoms with Crippen LogP contribution in [0.1, 0.15) is 20.3 Å². The van der Waals surface area contributed by atoms with E-state index in [1.165, 1.54) is 18.7 Å². The first kappa shape index (κ1) is 14.0. The lowest BCUT2D eigenvalue weighted by molar-refractivity contribution is 0.244. The van der Waals surface area contributed by atoms with Crippen molar-refractivity contribution in [3.63, 3.8) is 0 Å². The van der Waals surface area contributed by atoms with E-state index < -0.39 is 0 Å². The molecule has 1 aliphatic heterocycles.